The molecule has 4 rings (SSSR count). The van der Waals surface area contributed by atoms with Gasteiger partial charge in [0.05, 0.1) is 11.5 Å². The minimum atomic E-state index is -4.41. The third kappa shape index (κ3) is 4.10. The first-order chi connectivity index (χ1) is 13.8. The van der Waals surface area contributed by atoms with Gasteiger partial charge in [-0.05, 0) is 43.5 Å². The molecule has 2 fully saturated rings. The number of aromatic nitrogens is 2. The predicted octanol–water partition coefficient (Wildman–Crippen LogP) is 2.74. The van der Waals surface area contributed by atoms with Crippen LogP contribution in [0.2, 0.25) is 0 Å². The van der Waals surface area contributed by atoms with E-state index in [2.05, 4.69) is 15.5 Å². The molecule has 0 radical (unpaired) electrons. The van der Waals surface area contributed by atoms with Gasteiger partial charge in [-0.15, -0.1) is 10.2 Å². The number of piperidine rings is 1. The number of rotatable bonds is 3. The second-order valence-corrected chi connectivity index (χ2v) is 7.30. The van der Waals surface area contributed by atoms with Gasteiger partial charge >= 0.3 is 6.18 Å². The van der Waals surface area contributed by atoms with Crippen LogP contribution in [0.15, 0.2) is 28.7 Å². The summed E-state index contributed by atoms with van der Waals surface area (Å²) < 4.78 is 43.8. The number of benzene rings is 1. The third-order valence-electron chi connectivity index (χ3n) is 5.28. The molecule has 1 aromatic heterocycles. The van der Waals surface area contributed by atoms with Crippen molar-refractivity contribution in [2.75, 3.05) is 13.1 Å². The number of nitrogens with one attached hydrogen (secondary N) is 1. The Labute approximate surface area is 164 Å². The monoisotopic (exact) mass is 408 g/mol. The number of halogens is 3. The lowest BCUT2D eigenvalue weighted by Crippen LogP contribution is -2.48. The second kappa shape index (κ2) is 7.49. The van der Waals surface area contributed by atoms with Crippen LogP contribution >= 0.6 is 0 Å². The van der Waals surface area contributed by atoms with Crippen LogP contribution in [-0.4, -0.2) is 46.0 Å². The number of amides is 2. The zero-order chi connectivity index (χ0) is 20.6. The van der Waals surface area contributed by atoms with Gasteiger partial charge in [0.2, 0.25) is 23.6 Å². The van der Waals surface area contributed by atoms with Crippen molar-refractivity contribution in [1.82, 2.24) is 20.4 Å². The summed E-state index contributed by atoms with van der Waals surface area (Å²) in [4.78, 5) is 25.7. The lowest BCUT2D eigenvalue weighted by molar-refractivity contribution is -0.137. The summed E-state index contributed by atoms with van der Waals surface area (Å²) >= 11 is 0. The lowest BCUT2D eigenvalue weighted by atomic mass is 9.97. The van der Waals surface area contributed by atoms with Crippen LogP contribution in [0.25, 0.3) is 11.5 Å². The van der Waals surface area contributed by atoms with Crippen LogP contribution in [0.3, 0.4) is 0 Å². The average molecular weight is 408 g/mol. The van der Waals surface area contributed by atoms with Gasteiger partial charge in [-0.3, -0.25) is 9.59 Å². The highest BCUT2D eigenvalue weighted by Gasteiger charge is 2.35. The molecule has 7 nitrogen and oxygen atoms in total. The summed E-state index contributed by atoms with van der Waals surface area (Å²) in [5, 5.41) is 10.7. The Hall–Kier alpha value is -2.91. The molecule has 0 spiro atoms. The number of carbonyl (C=O) groups excluding carboxylic acids is 2. The largest absolute Gasteiger partial charge is 0.420 e. The van der Waals surface area contributed by atoms with Gasteiger partial charge in [0.25, 0.3) is 0 Å². The summed E-state index contributed by atoms with van der Waals surface area (Å²) in [5.41, 5.74) is -0.351. The quantitative estimate of drug-likeness (QED) is 0.844. The van der Waals surface area contributed by atoms with Crippen molar-refractivity contribution in [3.63, 3.8) is 0 Å². The first-order valence-electron chi connectivity index (χ1n) is 9.40. The van der Waals surface area contributed by atoms with Crippen molar-refractivity contribution in [2.45, 2.75) is 43.8 Å². The highest BCUT2D eigenvalue weighted by Crippen LogP contribution is 2.32. The fourth-order valence-electron chi connectivity index (χ4n) is 3.72. The fraction of sp³-hybridized carbons (Fsp3) is 0.474. The highest BCUT2D eigenvalue weighted by atomic mass is 19.4. The van der Waals surface area contributed by atoms with E-state index >= 15 is 0 Å². The molecule has 1 aromatic carbocycles. The molecule has 2 saturated heterocycles. The topological polar surface area (TPSA) is 88.3 Å². The normalized spacial score (nSPS) is 22.6. The van der Waals surface area contributed by atoms with Crippen LogP contribution in [0.5, 0.6) is 0 Å². The molecule has 2 atom stereocenters. The summed E-state index contributed by atoms with van der Waals surface area (Å²) in [7, 11) is 0. The summed E-state index contributed by atoms with van der Waals surface area (Å²) in [6.45, 7) is 1.00. The molecule has 3 heterocycles. The molecule has 0 bridgehead atoms. The Kier molecular flexibility index (Phi) is 5.01. The minimum Gasteiger partial charge on any atom is -0.420 e. The molecule has 10 heteroatoms. The van der Waals surface area contributed by atoms with E-state index in [1.54, 1.807) is 4.90 Å². The fourth-order valence-corrected chi connectivity index (χ4v) is 3.72. The maximum absolute atomic E-state index is 12.7. The lowest BCUT2D eigenvalue weighted by Gasteiger charge is -2.32. The summed E-state index contributed by atoms with van der Waals surface area (Å²) in [5.74, 6) is 0.117. The number of carbonyl (C=O) groups is 2. The maximum Gasteiger partial charge on any atom is 0.416 e. The Morgan fingerprint density at radius 1 is 1.17 bits per heavy atom. The summed E-state index contributed by atoms with van der Waals surface area (Å²) in [6, 6.07) is 4.04. The van der Waals surface area contributed by atoms with E-state index in [0.29, 0.717) is 37.4 Å². The van der Waals surface area contributed by atoms with Gasteiger partial charge in [-0.2, -0.15) is 13.2 Å². The first kappa shape index (κ1) is 19.4. The van der Waals surface area contributed by atoms with Gasteiger partial charge in [0, 0.05) is 25.1 Å². The van der Waals surface area contributed by atoms with Gasteiger partial charge in [0.1, 0.15) is 6.04 Å². The molecule has 2 aromatic rings. The van der Waals surface area contributed by atoms with E-state index in [-0.39, 0.29) is 23.6 Å². The smallest absolute Gasteiger partial charge is 0.416 e. The van der Waals surface area contributed by atoms with Crippen LogP contribution in [0.1, 0.15) is 43.1 Å². The maximum atomic E-state index is 12.7. The Bertz CT molecular complexity index is 910. The molecule has 2 amide bonds. The van der Waals surface area contributed by atoms with Crippen molar-refractivity contribution in [3.8, 4) is 11.5 Å². The number of hydrogen-bond acceptors (Lipinski definition) is 5. The molecule has 0 saturated carbocycles. The molecular formula is C19H19F3N4O3. The minimum absolute atomic E-state index is 0.108. The van der Waals surface area contributed by atoms with Crippen LogP contribution in [-0.2, 0) is 15.8 Å². The zero-order valence-corrected chi connectivity index (χ0v) is 15.4. The van der Waals surface area contributed by atoms with Crippen molar-refractivity contribution >= 4 is 11.8 Å². The Morgan fingerprint density at radius 2 is 1.93 bits per heavy atom. The van der Waals surface area contributed by atoms with Crippen molar-refractivity contribution in [3.05, 3.63) is 35.7 Å². The van der Waals surface area contributed by atoms with E-state index in [1.165, 1.54) is 12.1 Å². The predicted molar refractivity (Wildman–Crippen MR) is 94.5 cm³/mol. The molecule has 0 aliphatic carbocycles. The molecule has 2 aliphatic rings. The van der Waals surface area contributed by atoms with Crippen molar-refractivity contribution in [1.29, 1.82) is 0 Å². The van der Waals surface area contributed by atoms with Gasteiger partial charge in [-0.25, -0.2) is 0 Å². The second-order valence-electron chi connectivity index (χ2n) is 7.30. The molecule has 1 N–H and O–H groups in total. The Morgan fingerprint density at radius 3 is 2.59 bits per heavy atom. The number of nitrogens with zero attached hydrogens (tertiary/aromatic N) is 3. The molecule has 2 aliphatic heterocycles. The van der Waals surface area contributed by atoms with Gasteiger partial charge < -0.3 is 14.6 Å². The standard InChI is InChI=1S/C19H19F3N4O3/c20-19(21,22)13-5-3-11(4-6-13)16-24-25-17(29-16)12-2-1-9-26(10-12)18(28)14-7-8-15(27)23-14/h3-6,12,14H,1-2,7-10H2,(H,23,27). The van der Waals surface area contributed by atoms with Crippen LogP contribution in [0.4, 0.5) is 13.2 Å². The molecule has 29 heavy (non-hydrogen) atoms. The average Bonchev–Trinajstić information content (AvgIpc) is 3.36. The number of alkyl halides is 3. The van der Waals surface area contributed by atoms with Gasteiger partial charge in [0.15, 0.2) is 0 Å². The van der Waals surface area contributed by atoms with Crippen LogP contribution in [0, 0.1) is 0 Å². The van der Waals surface area contributed by atoms with E-state index in [0.717, 1.165) is 25.0 Å². The third-order valence-corrected chi connectivity index (χ3v) is 5.28. The SMILES string of the molecule is O=C1CCC(C(=O)N2CCCC(c3nnc(-c4ccc(C(F)(F)F)cc4)o3)C2)N1. The van der Waals surface area contributed by atoms with E-state index in [4.69, 9.17) is 4.42 Å². The van der Waals surface area contributed by atoms with Crippen molar-refractivity contribution < 1.29 is 27.2 Å². The zero-order valence-electron chi connectivity index (χ0n) is 15.4. The van der Waals surface area contributed by atoms with Crippen molar-refractivity contribution in [2.24, 2.45) is 0 Å². The molecule has 2 unspecified atom stereocenters. The number of likely N-dealkylation sites (tertiary alicyclic amines) is 1. The number of hydrogen-bond donors (Lipinski definition) is 1. The van der Waals surface area contributed by atoms with E-state index in [9.17, 15) is 22.8 Å². The van der Waals surface area contributed by atoms with Crippen LogP contribution < -0.4 is 5.32 Å². The Balaban J connectivity index is 1.45. The van der Waals surface area contributed by atoms with Gasteiger partial charge in [-0.1, -0.05) is 0 Å². The van der Waals surface area contributed by atoms with E-state index in [1.807, 2.05) is 0 Å². The first-order valence-corrected chi connectivity index (χ1v) is 9.40. The van der Waals surface area contributed by atoms with E-state index < -0.39 is 17.8 Å². The highest BCUT2D eigenvalue weighted by molar-refractivity contribution is 5.90. The molecule has 154 valence electrons. The summed E-state index contributed by atoms with van der Waals surface area (Å²) in [6.07, 6.45) is -2.04. The molecular weight excluding hydrogens is 389 g/mol.